The van der Waals surface area contributed by atoms with Gasteiger partial charge < -0.3 is 10.2 Å². The van der Waals surface area contributed by atoms with E-state index in [1.54, 1.807) is 12.1 Å². The van der Waals surface area contributed by atoms with Crippen LogP contribution in [0.15, 0.2) is 29.5 Å². The Balaban J connectivity index is 2.68. The molecule has 8 heteroatoms. The molecular weight excluding hydrogens is 254 g/mol. The molecule has 0 fully saturated rings. The lowest BCUT2D eigenvalue weighted by Gasteiger charge is -2.01. The maximum atomic E-state index is 11.5. The number of hydrazone groups is 1. The molecule has 1 aromatic rings. The molecule has 0 unspecified atom stereocenters. The first kappa shape index (κ1) is 14.3. The SMILES string of the molecule is O=C(O)CC/C(=N\NC(=O)c1ccccn1)C(=O)O. The Morgan fingerprint density at radius 3 is 2.47 bits per heavy atom. The van der Waals surface area contributed by atoms with Crippen LogP contribution in [0, 0.1) is 0 Å². The predicted octanol–water partition coefficient (Wildman–Crippen LogP) is 0.117. The number of pyridine rings is 1. The van der Waals surface area contributed by atoms with E-state index < -0.39 is 23.6 Å². The summed E-state index contributed by atoms with van der Waals surface area (Å²) in [4.78, 5) is 36.4. The van der Waals surface area contributed by atoms with Gasteiger partial charge in [-0.05, 0) is 12.1 Å². The predicted molar refractivity (Wildman–Crippen MR) is 63.6 cm³/mol. The molecule has 0 atom stereocenters. The minimum absolute atomic E-state index is 0.0780. The van der Waals surface area contributed by atoms with Crippen molar-refractivity contribution in [3.8, 4) is 0 Å². The van der Waals surface area contributed by atoms with E-state index in [2.05, 4.69) is 10.1 Å². The molecule has 0 saturated heterocycles. The van der Waals surface area contributed by atoms with Crippen LogP contribution in [0.4, 0.5) is 0 Å². The third kappa shape index (κ3) is 4.94. The third-order valence-electron chi connectivity index (χ3n) is 2.01. The lowest BCUT2D eigenvalue weighted by Crippen LogP contribution is -2.24. The number of nitrogens with zero attached hydrogens (tertiary/aromatic N) is 2. The fraction of sp³-hybridized carbons (Fsp3) is 0.182. The number of carboxylic acids is 2. The molecule has 0 aliphatic carbocycles. The summed E-state index contributed by atoms with van der Waals surface area (Å²) in [6.45, 7) is 0. The van der Waals surface area contributed by atoms with E-state index in [4.69, 9.17) is 10.2 Å². The van der Waals surface area contributed by atoms with Crippen LogP contribution in [0.1, 0.15) is 23.3 Å². The number of hydrogen-bond donors (Lipinski definition) is 3. The molecule has 1 rings (SSSR count). The first-order valence-electron chi connectivity index (χ1n) is 5.23. The third-order valence-corrected chi connectivity index (χ3v) is 2.01. The Bertz CT molecular complexity index is 512. The van der Waals surface area contributed by atoms with Gasteiger partial charge in [0.25, 0.3) is 5.91 Å². The molecule has 8 nitrogen and oxygen atoms in total. The van der Waals surface area contributed by atoms with E-state index in [0.717, 1.165) is 0 Å². The molecule has 1 aromatic heterocycles. The summed E-state index contributed by atoms with van der Waals surface area (Å²) in [6, 6.07) is 4.65. The van der Waals surface area contributed by atoms with Crippen molar-refractivity contribution >= 4 is 23.6 Å². The van der Waals surface area contributed by atoms with Gasteiger partial charge in [0, 0.05) is 12.6 Å². The minimum atomic E-state index is -1.39. The van der Waals surface area contributed by atoms with Crippen molar-refractivity contribution in [2.75, 3.05) is 0 Å². The molecular formula is C11H11N3O5. The van der Waals surface area contributed by atoms with Crippen LogP contribution < -0.4 is 5.43 Å². The van der Waals surface area contributed by atoms with Gasteiger partial charge >= 0.3 is 11.9 Å². The van der Waals surface area contributed by atoms with Gasteiger partial charge in [-0.25, -0.2) is 10.2 Å². The second-order valence-electron chi connectivity index (χ2n) is 3.41. The van der Waals surface area contributed by atoms with Crippen LogP contribution in [0.5, 0.6) is 0 Å². The van der Waals surface area contributed by atoms with Crippen LogP contribution >= 0.6 is 0 Å². The second kappa shape index (κ2) is 6.84. The summed E-state index contributed by atoms with van der Waals surface area (Å²) in [5.41, 5.74) is 1.66. The lowest BCUT2D eigenvalue weighted by atomic mass is 10.2. The van der Waals surface area contributed by atoms with Gasteiger partial charge in [0.15, 0.2) is 0 Å². The molecule has 0 radical (unpaired) electrons. The molecule has 100 valence electrons. The first-order chi connectivity index (χ1) is 9.00. The van der Waals surface area contributed by atoms with Gasteiger partial charge in [-0.2, -0.15) is 5.10 Å². The summed E-state index contributed by atoms with van der Waals surface area (Å²) in [5.74, 6) is -3.21. The zero-order valence-corrected chi connectivity index (χ0v) is 9.74. The highest BCUT2D eigenvalue weighted by atomic mass is 16.4. The first-order valence-corrected chi connectivity index (χ1v) is 5.23. The van der Waals surface area contributed by atoms with Gasteiger partial charge in [-0.1, -0.05) is 6.07 Å². The maximum absolute atomic E-state index is 11.5. The Morgan fingerprint density at radius 1 is 1.21 bits per heavy atom. The summed E-state index contributed by atoms with van der Waals surface area (Å²) >= 11 is 0. The second-order valence-corrected chi connectivity index (χ2v) is 3.41. The van der Waals surface area contributed by atoms with Crippen LogP contribution in [0.3, 0.4) is 0 Å². The average Bonchev–Trinajstić information content (AvgIpc) is 2.38. The van der Waals surface area contributed by atoms with E-state index in [1.807, 2.05) is 5.43 Å². The average molecular weight is 265 g/mol. The number of carbonyl (C=O) groups is 3. The van der Waals surface area contributed by atoms with Crippen molar-refractivity contribution in [1.29, 1.82) is 0 Å². The topological polar surface area (TPSA) is 129 Å². The Kier molecular flexibility index (Phi) is 5.15. The van der Waals surface area contributed by atoms with Gasteiger partial charge in [0.2, 0.25) is 0 Å². The molecule has 0 aromatic carbocycles. The molecule has 0 saturated carbocycles. The number of amides is 1. The largest absolute Gasteiger partial charge is 0.481 e. The quantitative estimate of drug-likeness (QED) is 0.494. The standard InChI is InChI=1S/C11H11N3O5/c15-9(16)5-4-8(11(18)19)13-14-10(17)7-3-1-2-6-12-7/h1-3,6H,4-5H2,(H,14,17)(H,15,16)(H,18,19)/b13-8+. The molecule has 0 aliphatic heterocycles. The van der Waals surface area contributed by atoms with Crippen LogP contribution in [-0.4, -0.2) is 38.8 Å². The Labute approximate surface area is 107 Å². The normalized spacial score (nSPS) is 10.8. The van der Waals surface area contributed by atoms with Crippen LogP contribution in [-0.2, 0) is 9.59 Å². The molecule has 1 amide bonds. The van der Waals surface area contributed by atoms with E-state index in [1.165, 1.54) is 12.3 Å². The molecule has 0 spiro atoms. The summed E-state index contributed by atoms with van der Waals surface area (Å²) in [5, 5.41) is 20.6. The van der Waals surface area contributed by atoms with Gasteiger partial charge in [-0.15, -0.1) is 0 Å². The highest BCUT2D eigenvalue weighted by Crippen LogP contribution is 1.96. The fourth-order valence-corrected chi connectivity index (χ4v) is 1.11. The highest BCUT2D eigenvalue weighted by molar-refractivity contribution is 6.35. The number of aromatic nitrogens is 1. The lowest BCUT2D eigenvalue weighted by molar-refractivity contribution is -0.136. The zero-order valence-electron chi connectivity index (χ0n) is 9.74. The van der Waals surface area contributed by atoms with E-state index in [9.17, 15) is 14.4 Å². The Morgan fingerprint density at radius 2 is 1.95 bits per heavy atom. The van der Waals surface area contributed by atoms with Gasteiger partial charge in [-0.3, -0.25) is 14.6 Å². The Hall–Kier alpha value is -2.77. The molecule has 3 N–H and O–H groups in total. The molecule has 0 bridgehead atoms. The minimum Gasteiger partial charge on any atom is -0.481 e. The number of nitrogens with one attached hydrogen (secondary N) is 1. The number of carbonyl (C=O) groups excluding carboxylic acids is 1. The zero-order chi connectivity index (χ0) is 14.3. The fourth-order valence-electron chi connectivity index (χ4n) is 1.11. The van der Waals surface area contributed by atoms with Crippen molar-refractivity contribution < 1.29 is 24.6 Å². The van der Waals surface area contributed by atoms with Crippen molar-refractivity contribution in [1.82, 2.24) is 10.4 Å². The van der Waals surface area contributed by atoms with Crippen LogP contribution in [0.2, 0.25) is 0 Å². The summed E-state index contributed by atoms with van der Waals surface area (Å²) in [7, 11) is 0. The molecule has 19 heavy (non-hydrogen) atoms. The van der Waals surface area contributed by atoms with Crippen molar-refractivity contribution in [2.45, 2.75) is 12.8 Å². The maximum Gasteiger partial charge on any atom is 0.352 e. The van der Waals surface area contributed by atoms with E-state index >= 15 is 0 Å². The number of hydrogen-bond acceptors (Lipinski definition) is 5. The number of carboxylic acid groups (broad SMARTS) is 2. The van der Waals surface area contributed by atoms with Crippen molar-refractivity contribution in [3.63, 3.8) is 0 Å². The number of aliphatic carboxylic acids is 2. The van der Waals surface area contributed by atoms with E-state index in [-0.39, 0.29) is 18.5 Å². The van der Waals surface area contributed by atoms with Gasteiger partial charge in [0.05, 0.1) is 6.42 Å². The highest BCUT2D eigenvalue weighted by Gasteiger charge is 2.13. The molecule has 1 heterocycles. The van der Waals surface area contributed by atoms with Crippen LogP contribution in [0.25, 0.3) is 0 Å². The van der Waals surface area contributed by atoms with Crippen molar-refractivity contribution in [3.05, 3.63) is 30.1 Å². The number of rotatable bonds is 6. The summed E-state index contributed by atoms with van der Waals surface area (Å²) < 4.78 is 0. The smallest absolute Gasteiger partial charge is 0.352 e. The monoisotopic (exact) mass is 265 g/mol. The van der Waals surface area contributed by atoms with E-state index in [0.29, 0.717) is 0 Å². The van der Waals surface area contributed by atoms with Gasteiger partial charge in [0.1, 0.15) is 11.4 Å². The summed E-state index contributed by atoms with van der Waals surface area (Å²) in [6.07, 6.45) is 0.735. The van der Waals surface area contributed by atoms with Crippen molar-refractivity contribution in [2.24, 2.45) is 5.10 Å². The molecule has 0 aliphatic rings.